The van der Waals surface area contributed by atoms with Crippen LogP contribution in [0.15, 0.2) is 30.3 Å². The van der Waals surface area contributed by atoms with Crippen molar-refractivity contribution in [2.24, 2.45) is 0 Å². The van der Waals surface area contributed by atoms with Crippen molar-refractivity contribution in [1.82, 2.24) is 20.3 Å². The molecule has 1 aliphatic carbocycles. The van der Waals surface area contributed by atoms with E-state index in [2.05, 4.69) is 32.3 Å². The van der Waals surface area contributed by atoms with E-state index in [1.165, 1.54) is 0 Å². The minimum absolute atomic E-state index is 0.0818. The van der Waals surface area contributed by atoms with Crippen LogP contribution in [0, 0.1) is 0 Å². The minimum Gasteiger partial charge on any atom is -0.456 e. The van der Waals surface area contributed by atoms with E-state index in [-0.39, 0.29) is 43.2 Å². The average molecular weight is 584 g/mol. The molecule has 41 heavy (non-hydrogen) atoms. The van der Waals surface area contributed by atoms with Crippen molar-refractivity contribution >= 4 is 34.5 Å². The topological polar surface area (TPSA) is 131 Å². The van der Waals surface area contributed by atoms with Gasteiger partial charge in [0.15, 0.2) is 11.8 Å². The number of aliphatic hydroxyl groups is 1. The van der Waals surface area contributed by atoms with E-state index >= 15 is 0 Å². The summed E-state index contributed by atoms with van der Waals surface area (Å²) in [6, 6.07) is 10.4. The standard InChI is InChI=1S/C29H34ClN5O6/c30-20-13-21-27(34-28(32-21)41-23-15-39-25-22(36)14-38-26(23)25)33-24(20)16-5-7-18(8-6-16)35-11-9-17(10-12-35)31-29(37)40-19-3-1-2-4-19/h5-8,13,17,19,22-23,25-26,36H,1-4,9-12,14-15H2,(H,31,37)(H,32,33,34)/t22-,23-,25-,26-/m1/s1. The van der Waals surface area contributed by atoms with Gasteiger partial charge >= 0.3 is 6.09 Å². The Morgan fingerprint density at radius 3 is 2.59 bits per heavy atom. The zero-order valence-corrected chi connectivity index (χ0v) is 23.4. The number of ether oxygens (including phenoxy) is 4. The summed E-state index contributed by atoms with van der Waals surface area (Å²) in [6.07, 6.45) is 4.08. The molecule has 218 valence electrons. The number of nitrogens with one attached hydrogen (secondary N) is 2. The first-order chi connectivity index (χ1) is 20.0. The molecular weight excluding hydrogens is 550 g/mol. The first kappa shape index (κ1) is 26.8. The van der Waals surface area contributed by atoms with Gasteiger partial charge < -0.3 is 39.3 Å². The number of halogens is 1. The quantitative estimate of drug-likeness (QED) is 0.396. The van der Waals surface area contributed by atoms with E-state index in [1.54, 1.807) is 6.07 Å². The summed E-state index contributed by atoms with van der Waals surface area (Å²) in [4.78, 5) is 26.9. The van der Waals surface area contributed by atoms with Gasteiger partial charge in [-0.3, -0.25) is 0 Å². The highest BCUT2D eigenvalue weighted by molar-refractivity contribution is 6.33. The first-order valence-corrected chi connectivity index (χ1v) is 14.8. The summed E-state index contributed by atoms with van der Waals surface area (Å²) in [5.74, 6) is 0. The SMILES string of the molecule is O=C(NC1CCN(c2ccc(-c3nc4nc(O[C@@H]5CO[C@H]6[C@@H]5OC[C@H]6O)[nH]c4cc3Cl)cc2)CC1)OC1CCCC1. The number of aromatic amines is 1. The highest BCUT2D eigenvalue weighted by Gasteiger charge is 2.48. The number of nitrogens with zero attached hydrogens (tertiary/aromatic N) is 3. The smallest absolute Gasteiger partial charge is 0.407 e. The first-order valence-electron chi connectivity index (χ1n) is 14.5. The van der Waals surface area contributed by atoms with E-state index in [9.17, 15) is 9.90 Å². The number of aromatic nitrogens is 3. The maximum Gasteiger partial charge on any atom is 0.407 e. The lowest BCUT2D eigenvalue weighted by Crippen LogP contribution is -2.45. The monoisotopic (exact) mass is 583 g/mol. The molecule has 0 unspecified atom stereocenters. The Hall–Kier alpha value is -3.12. The van der Waals surface area contributed by atoms with E-state index in [1.807, 2.05) is 12.1 Å². The van der Waals surface area contributed by atoms with Crippen LogP contribution in [-0.4, -0.2) is 89.0 Å². The molecule has 3 N–H and O–H groups in total. The maximum absolute atomic E-state index is 12.2. The van der Waals surface area contributed by atoms with Crippen LogP contribution >= 0.6 is 11.6 Å². The number of fused-ring (bicyclic) bond motifs is 2. The maximum atomic E-state index is 12.2. The van der Waals surface area contributed by atoms with Crippen LogP contribution in [0.3, 0.4) is 0 Å². The Bertz CT molecular complexity index is 1390. The number of anilines is 1. The molecule has 5 heterocycles. The lowest BCUT2D eigenvalue weighted by molar-refractivity contribution is 0.00706. The minimum atomic E-state index is -0.640. The van der Waals surface area contributed by atoms with Gasteiger partial charge in [0.1, 0.15) is 24.4 Å². The number of imidazole rings is 1. The Kier molecular flexibility index (Phi) is 7.36. The number of H-pyrrole nitrogens is 1. The number of piperidine rings is 1. The summed E-state index contributed by atoms with van der Waals surface area (Å²) < 4.78 is 22.8. The molecule has 1 amide bonds. The molecule has 3 saturated heterocycles. The number of aliphatic hydroxyl groups excluding tert-OH is 1. The van der Waals surface area contributed by atoms with E-state index < -0.39 is 6.10 Å². The lowest BCUT2D eigenvalue weighted by Gasteiger charge is -2.34. The molecule has 1 aromatic carbocycles. The van der Waals surface area contributed by atoms with Gasteiger partial charge in [0.25, 0.3) is 6.01 Å². The van der Waals surface area contributed by atoms with E-state index in [0.717, 1.165) is 62.9 Å². The van der Waals surface area contributed by atoms with E-state index in [4.69, 9.17) is 35.5 Å². The molecule has 0 radical (unpaired) electrons. The van der Waals surface area contributed by atoms with Gasteiger partial charge in [0.2, 0.25) is 0 Å². The molecule has 1 saturated carbocycles. The zero-order valence-electron chi connectivity index (χ0n) is 22.6. The molecule has 7 rings (SSSR count). The van der Waals surface area contributed by atoms with Gasteiger partial charge in [-0.05, 0) is 56.7 Å². The summed E-state index contributed by atoms with van der Waals surface area (Å²) in [5, 5.41) is 13.5. The lowest BCUT2D eigenvalue weighted by atomic mass is 10.0. The Morgan fingerprint density at radius 2 is 1.80 bits per heavy atom. The highest BCUT2D eigenvalue weighted by Crippen LogP contribution is 2.33. The zero-order chi connectivity index (χ0) is 27.9. The second kappa shape index (κ2) is 11.3. The van der Waals surface area contributed by atoms with Crippen LogP contribution in [0.2, 0.25) is 5.02 Å². The fraction of sp³-hybridized carbons (Fsp3) is 0.552. The third-order valence-corrected chi connectivity index (χ3v) is 8.84. The van der Waals surface area contributed by atoms with Gasteiger partial charge in [-0.1, -0.05) is 23.7 Å². The molecule has 3 aromatic rings. The van der Waals surface area contributed by atoms with Gasteiger partial charge in [-0.15, -0.1) is 0 Å². The van der Waals surface area contributed by atoms with Crippen molar-refractivity contribution in [2.45, 2.75) is 75.1 Å². The molecule has 0 spiro atoms. The van der Waals surface area contributed by atoms with Crippen molar-refractivity contribution in [3.63, 3.8) is 0 Å². The predicted octanol–water partition coefficient (Wildman–Crippen LogP) is 3.82. The van der Waals surface area contributed by atoms with Gasteiger partial charge in [0, 0.05) is 30.4 Å². The van der Waals surface area contributed by atoms with Crippen LogP contribution in [0.4, 0.5) is 10.5 Å². The van der Waals surface area contributed by atoms with Crippen LogP contribution in [0.25, 0.3) is 22.4 Å². The second-order valence-electron chi connectivity index (χ2n) is 11.3. The Balaban J connectivity index is 0.971. The summed E-state index contributed by atoms with van der Waals surface area (Å²) in [6.45, 7) is 2.26. The molecule has 4 aliphatic rings. The second-order valence-corrected chi connectivity index (χ2v) is 11.7. The van der Waals surface area contributed by atoms with Crippen molar-refractivity contribution in [2.75, 3.05) is 31.2 Å². The number of hydrogen-bond acceptors (Lipinski definition) is 9. The largest absolute Gasteiger partial charge is 0.456 e. The number of hydrogen-bond donors (Lipinski definition) is 3. The highest BCUT2D eigenvalue weighted by atomic mass is 35.5. The molecule has 0 bridgehead atoms. The normalized spacial score (nSPS) is 26.9. The molecular formula is C29H34ClN5O6. The van der Waals surface area contributed by atoms with Crippen LogP contribution < -0.4 is 15.0 Å². The summed E-state index contributed by atoms with van der Waals surface area (Å²) in [5.41, 5.74) is 3.80. The Labute approximate surface area is 242 Å². The molecule has 4 atom stereocenters. The number of amides is 1. The van der Waals surface area contributed by atoms with Crippen molar-refractivity contribution in [3.05, 3.63) is 35.4 Å². The van der Waals surface area contributed by atoms with Gasteiger partial charge in [-0.25, -0.2) is 9.78 Å². The fourth-order valence-electron chi connectivity index (χ4n) is 6.31. The number of rotatable bonds is 6. The van der Waals surface area contributed by atoms with Gasteiger partial charge in [-0.2, -0.15) is 4.98 Å². The molecule has 3 aliphatic heterocycles. The number of benzene rings is 1. The number of pyridine rings is 1. The Morgan fingerprint density at radius 1 is 1.05 bits per heavy atom. The summed E-state index contributed by atoms with van der Waals surface area (Å²) in [7, 11) is 0. The molecule has 2 aromatic heterocycles. The van der Waals surface area contributed by atoms with Gasteiger partial charge in [0.05, 0.1) is 29.4 Å². The summed E-state index contributed by atoms with van der Waals surface area (Å²) >= 11 is 6.63. The van der Waals surface area contributed by atoms with Crippen LogP contribution in [0.1, 0.15) is 38.5 Å². The van der Waals surface area contributed by atoms with Crippen molar-refractivity contribution < 1.29 is 28.8 Å². The average Bonchev–Trinajstić information content (AvgIpc) is 3.77. The van der Waals surface area contributed by atoms with Crippen LogP contribution in [0.5, 0.6) is 6.01 Å². The molecule has 4 fully saturated rings. The predicted molar refractivity (Wildman–Crippen MR) is 151 cm³/mol. The van der Waals surface area contributed by atoms with Crippen molar-refractivity contribution in [1.29, 1.82) is 0 Å². The third-order valence-electron chi connectivity index (χ3n) is 8.55. The number of alkyl carbamates (subject to hydrolysis) is 1. The fourth-order valence-corrected chi connectivity index (χ4v) is 6.57. The molecule has 11 nitrogen and oxygen atoms in total. The number of carbonyl (C=O) groups excluding carboxylic acids is 1. The van der Waals surface area contributed by atoms with Crippen molar-refractivity contribution in [3.8, 4) is 17.3 Å². The van der Waals surface area contributed by atoms with E-state index in [0.29, 0.717) is 34.5 Å². The molecule has 12 heteroatoms. The third kappa shape index (κ3) is 5.55. The van der Waals surface area contributed by atoms with Crippen LogP contribution in [-0.2, 0) is 14.2 Å². The number of carbonyl (C=O) groups is 1.